The van der Waals surface area contributed by atoms with Gasteiger partial charge in [0.25, 0.3) is 0 Å². The van der Waals surface area contributed by atoms with Crippen LogP contribution in [0.1, 0.15) is 28.4 Å². The summed E-state index contributed by atoms with van der Waals surface area (Å²) in [6.07, 6.45) is -4.74. The Morgan fingerprint density at radius 1 is 1.44 bits per heavy atom. The summed E-state index contributed by atoms with van der Waals surface area (Å²) in [4.78, 5) is 11.0. The van der Waals surface area contributed by atoms with Crippen LogP contribution in [-0.2, 0) is 6.18 Å². The number of halogens is 3. The molecular weight excluding hydrogens is 223 g/mol. The lowest BCUT2D eigenvalue weighted by Crippen LogP contribution is -2.12. The number of nitriles is 1. The lowest BCUT2D eigenvalue weighted by molar-refractivity contribution is -0.138. The van der Waals surface area contributed by atoms with Gasteiger partial charge in [-0.3, -0.25) is 4.79 Å². The van der Waals surface area contributed by atoms with Crippen LogP contribution >= 0.6 is 0 Å². The highest BCUT2D eigenvalue weighted by atomic mass is 19.4. The number of benzene rings is 1. The number of hydrogen-bond acceptors (Lipinski definition) is 3. The highest BCUT2D eigenvalue weighted by Gasteiger charge is 2.35. The third-order valence-corrected chi connectivity index (χ3v) is 1.94. The van der Waals surface area contributed by atoms with Crippen LogP contribution in [-0.4, -0.2) is 10.9 Å². The summed E-state index contributed by atoms with van der Waals surface area (Å²) < 4.78 is 37.4. The SMILES string of the molecule is CC(=O)c1cc(C#N)c(O)cc1C(F)(F)F. The Hall–Kier alpha value is -2.03. The first-order valence-corrected chi connectivity index (χ1v) is 4.12. The van der Waals surface area contributed by atoms with Crippen molar-refractivity contribution in [1.82, 2.24) is 0 Å². The molecule has 0 radical (unpaired) electrons. The Balaban J connectivity index is 3.57. The fourth-order valence-corrected chi connectivity index (χ4v) is 1.20. The first kappa shape index (κ1) is 12.0. The second-order valence-corrected chi connectivity index (χ2v) is 3.08. The third kappa shape index (κ3) is 2.14. The van der Waals surface area contributed by atoms with E-state index < -0.39 is 28.8 Å². The number of aromatic hydroxyl groups is 1. The standard InChI is InChI=1S/C10H6F3NO2/c1-5(15)7-2-6(4-14)9(16)3-8(7)10(11,12)13/h2-3,16H,1H3. The number of phenolic OH excluding ortho intramolecular Hbond substituents is 1. The minimum absolute atomic E-state index is 0.363. The molecule has 3 nitrogen and oxygen atoms in total. The molecule has 0 heterocycles. The van der Waals surface area contributed by atoms with Crippen molar-refractivity contribution in [3.63, 3.8) is 0 Å². The van der Waals surface area contributed by atoms with E-state index in [4.69, 9.17) is 10.4 Å². The lowest BCUT2D eigenvalue weighted by Gasteiger charge is -2.11. The van der Waals surface area contributed by atoms with Crippen LogP contribution in [0.2, 0.25) is 0 Å². The topological polar surface area (TPSA) is 61.1 Å². The van der Waals surface area contributed by atoms with Crippen molar-refractivity contribution in [3.05, 3.63) is 28.8 Å². The number of ketones is 1. The van der Waals surface area contributed by atoms with Crippen molar-refractivity contribution < 1.29 is 23.1 Å². The molecule has 0 unspecified atom stereocenters. The van der Waals surface area contributed by atoms with E-state index >= 15 is 0 Å². The zero-order valence-electron chi connectivity index (χ0n) is 8.09. The van der Waals surface area contributed by atoms with Crippen LogP contribution in [0, 0.1) is 11.3 Å². The van der Waals surface area contributed by atoms with Gasteiger partial charge in [0.05, 0.1) is 11.1 Å². The molecule has 1 rings (SSSR count). The molecule has 0 spiro atoms. The summed E-state index contributed by atoms with van der Waals surface area (Å²) in [7, 11) is 0. The maximum Gasteiger partial charge on any atom is 0.417 e. The second-order valence-electron chi connectivity index (χ2n) is 3.08. The molecule has 0 aliphatic heterocycles. The first-order valence-electron chi connectivity index (χ1n) is 4.12. The van der Waals surface area contributed by atoms with Gasteiger partial charge in [-0.1, -0.05) is 0 Å². The van der Waals surface area contributed by atoms with E-state index in [0.29, 0.717) is 6.07 Å². The Bertz CT molecular complexity index is 486. The van der Waals surface area contributed by atoms with E-state index in [-0.39, 0.29) is 5.56 Å². The number of alkyl halides is 3. The fourth-order valence-electron chi connectivity index (χ4n) is 1.20. The molecule has 0 amide bonds. The summed E-state index contributed by atoms with van der Waals surface area (Å²) in [5.74, 6) is -1.61. The number of rotatable bonds is 1. The van der Waals surface area contributed by atoms with E-state index in [2.05, 4.69) is 0 Å². The summed E-state index contributed by atoms with van der Waals surface area (Å²) >= 11 is 0. The van der Waals surface area contributed by atoms with Gasteiger partial charge in [0, 0.05) is 5.56 Å². The van der Waals surface area contributed by atoms with Gasteiger partial charge >= 0.3 is 6.18 Å². The average molecular weight is 229 g/mol. The monoisotopic (exact) mass is 229 g/mol. The molecule has 0 saturated carbocycles. The minimum Gasteiger partial charge on any atom is -0.507 e. The van der Waals surface area contributed by atoms with Crippen molar-refractivity contribution in [2.75, 3.05) is 0 Å². The fraction of sp³-hybridized carbons (Fsp3) is 0.200. The molecule has 1 aromatic carbocycles. The third-order valence-electron chi connectivity index (χ3n) is 1.94. The Labute approximate surface area is 88.7 Å². The first-order chi connectivity index (χ1) is 7.27. The number of hydrogen-bond donors (Lipinski definition) is 1. The maximum atomic E-state index is 12.5. The van der Waals surface area contributed by atoms with Crippen molar-refractivity contribution in [1.29, 1.82) is 5.26 Å². The van der Waals surface area contributed by atoms with Crippen molar-refractivity contribution in [3.8, 4) is 11.8 Å². The van der Waals surface area contributed by atoms with Crippen LogP contribution in [0.3, 0.4) is 0 Å². The number of phenols is 1. The molecule has 0 fully saturated rings. The van der Waals surface area contributed by atoms with Crippen molar-refractivity contribution in [2.45, 2.75) is 13.1 Å². The molecular formula is C10H6F3NO2. The Morgan fingerprint density at radius 2 is 2.00 bits per heavy atom. The molecule has 1 aromatic rings. The molecule has 0 aliphatic rings. The number of carbonyl (C=O) groups is 1. The highest BCUT2D eigenvalue weighted by Crippen LogP contribution is 2.35. The largest absolute Gasteiger partial charge is 0.507 e. The van der Waals surface area contributed by atoms with E-state index in [1.165, 1.54) is 6.07 Å². The molecule has 0 saturated heterocycles. The Kier molecular flexibility index (Phi) is 2.90. The molecule has 0 aliphatic carbocycles. The van der Waals surface area contributed by atoms with Crippen molar-refractivity contribution in [2.24, 2.45) is 0 Å². The van der Waals surface area contributed by atoms with Gasteiger partial charge in [-0.15, -0.1) is 0 Å². The van der Waals surface area contributed by atoms with Crippen LogP contribution in [0.25, 0.3) is 0 Å². The predicted octanol–water partition coefficient (Wildman–Crippen LogP) is 2.49. The van der Waals surface area contributed by atoms with Crippen LogP contribution in [0.5, 0.6) is 5.75 Å². The zero-order valence-corrected chi connectivity index (χ0v) is 8.09. The number of carbonyl (C=O) groups excluding carboxylic acids is 1. The van der Waals surface area contributed by atoms with E-state index in [1.807, 2.05) is 0 Å². The normalized spacial score (nSPS) is 10.9. The van der Waals surface area contributed by atoms with Crippen LogP contribution in [0.15, 0.2) is 12.1 Å². The summed E-state index contributed by atoms with van der Waals surface area (Å²) in [6, 6.07) is 2.62. The summed E-state index contributed by atoms with van der Waals surface area (Å²) in [5, 5.41) is 17.6. The lowest BCUT2D eigenvalue weighted by atomic mass is 10.00. The average Bonchev–Trinajstić information content (AvgIpc) is 2.15. The quantitative estimate of drug-likeness (QED) is 0.752. The van der Waals surface area contributed by atoms with Gasteiger partial charge in [-0.2, -0.15) is 18.4 Å². The van der Waals surface area contributed by atoms with Crippen LogP contribution < -0.4 is 0 Å². The zero-order chi connectivity index (χ0) is 12.5. The molecule has 0 aromatic heterocycles. The Morgan fingerprint density at radius 3 is 2.38 bits per heavy atom. The second kappa shape index (κ2) is 3.85. The van der Waals surface area contributed by atoms with Gasteiger partial charge in [0.1, 0.15) is 11.8 Å². The van der Waals surface area contributed by atoms with E-state index in [9.17, 15) is 18.0 Å². The van der Waals surface area contributed by atoms with Crippen molar-refractivity contribution >= 4 is 5.78 Å². The van der Waals surface area contributed by atoms with E-state index in [0.717, 1.165) is 13.0 Å². The summed E-state index contributed by atoms with van der Waals surface area (Å²) in [6.45, 7) is 0.961. The van der Waals surface area contributed by atoms with Gasteiger partial charge in [0.2, 0.25) is 0 Å². The molecule has 84 valence electrons. The maximum absolute atomic E-state index is 12.5. The smallest absolute Gasteiger partial charge is 0.417 e. The number of nitrogens with zero attached hydrogens (tertiary/aromatic N) is 1. The molecule has 0 bridgehead atoms. The molecule has 16 heavy (non-hydrogen) atoms. The van der Waals surface area contributed by atoms with Gasteiger partial charge in [0.15, 0.2) is 5.78 Å². The molecule has 0 atom stereocenters. The van der Waals surface area contributed by atoms with E-state index in [1.54, 1.807) is 0 Å². The minimum atomic E-state index is -4.74. The summed E-state index contributed by atoms with van der Waals surface area (Å²) in [5.41, 5.74) is -2.23. The molecule has 1 N–H and O–H groups in total. The molecule has 6 heteroatoms. The van der Waals surface area contributed by atoms with Gasteiger partial charge in [-0.05, 0) is 19.1 Å². The van der Waals surface area contributed by atoms with Crippen LogP contribution in [0.4, 0.5) is 13.2 Å². The highest BCUT2D eigenvalue weighted by molar-refractivity contribution is 5.96. The predicted molar refractivity (Wildman–Crippen MR) is 47.8 cm³/mol. The number of Topliss-reactive ketones (excluding diaryl/α,β-unsaturated/α-hetero) is 1. The van der Waals surface area contributed by atoms with Gasteiger partial charge in [-0.25, -0.2) is 0 Å². The van der Waals surface area contributed by atoms with Gasteiger partial charge < -0.3 is 5.11 Å².